The van der Waals surface area contributed by atoms with Gasteiger partial charge in [-0.2, -0.15) is 0 Å². The molecule has 0 saturated carbocycles. The van der Waals surface area contributed by atoms with Gasteiger partial charge in [0.05, 0.1) is 6.61 Å². The van der Waals surface area contributed by atoms with Crippen LogP contribution in [0.25, 0.3) is 0 Å². The molecule has 0 spiro atoms. The molecule has 5 nitrogen and oxygen atoms in total. The molecule has 0 saturated heterocycles. The van der Waals surface area contributed by atoms with Gasteiger partial charge in [0, 0.05) is 5.41 Å². The van der Waals surface area contributed by atoms with E-state index in [4.69, 9.17) is 14.3 Å². The summed E-state index contributed by atoms with van der Waals surface area (Å²) in [5.74, 6) is -0.743. The number of aromatic carboxylic acids is 1. The largest absolute Gasteiger partial charge is 0.476 e. The van der Waals surface area contributed by atoms with Crippen LogP contribution in [0.4, 0.5) is 0 Å². The standard InChI is InChI=1S/C11H17NO4/c1-5-11(3,4)10-12-7(8(13)14)9(16-10)15-6-2/h5-6H2,1-4H3,(H,13,14). The molecule has 1 aromatic heterocycles. The Balaban J connectivity index is 3.15. The van der Waals surface area contributed by atoms with E-state index in [1.807, 2.05) is 20.8 Å². The van der Waals surface area contributed by atoms with Gasteiger partial charge in [-0.25, -0.2) is 9.78 Å². The van der Waals surface area contributed by atoms with Crippen LogP contribution in [0.3, 0.4) is 0 Å². The van der Waals surface area contributed by atoms with Gasteiger partial charge in [0.25, 0.3) is 0 Å². The molecule has 0 aliphatic carbocycles. The monoisotopic (exact) mass is 227 g/mol. The molecule has 0 atom stereocenters. The maximum atomic E-state index is 10.9. The van der Waals surface area contributed by atoms with Gasteiger partial charge in [-0.15, -0.1) is 0 Å². The van der Waals surface area contributed by atoms with E-state index in [9.17, 15) is 4.79 Å². The minimum absolute atomic E-state index is 0.00785. The van der Waals surface area contributed by atoms with E-state index in [0.29, 0.717) is 12.5 Å². The molecular formula is C11H17NO4. The zero-order valence-corrected chi connectivity index (χ0v) is 10.0. The Morgan fingerprint density at radius 3 is 2.56 bits per heavy atom. The molecule has 0 aromatic carbocycles. The summed E-state index contributed by atoms with van der Waals surface area (Å²) in [7, 11) is 0. The maximum Gasteiger partial charge on any atom is 0.362 e. The number of carboxylic acids is 1. The van der Waals surface area contributed by atoms with E-state index >= 15 is 0 Å². The third kappa shape index (κ3) is 2.35. The highest BCUT2D eigenvalue weighted by Crippen LogP contribution is 2.31. The molecule has 16 heavy (non-hydrogen) atoms. The van der Waals surface area contributed by atoms with Crippen molar-refractivity contribution in [3.8, 4) is 5.95 Å². The summed E-state index contributed by atoms with van der Waals surface area (Å²) in [6, 6.07) is 0. The van der Waals surface area contributed by atoms with E-state index < -0.39 is 5.97 Å². The highest BCUT2D eigenvalue weighted by Gasteiger charge is 2.29. The van der Waals surface area contributed by atoms with Crippen molar-refractivity contribution in [2.24, 2.45) is 0 Å². The molecule has 5 heteroatoms. The first-order chi connectivity index (χ1) is 7.42. The van der Waals surface area contributed by atoms with Crippen LogP contribution >= 0.6 is 0 Å². The number of nitrogens with zero attached hydrogens (tertiary/aromatic N) is 1. The molecule has 0 fully saturated rings. The lowest BCUT2D eigenvalue weighted by Crippen LogP contribution is -2.16. The number of oxazole rings is 1. The van der Waals surface area contributed by atoms with Crippen LogP contribution in [-0.4, -0.2) is 22.7 Å². The second-order valence-corrected chi connectivity index (χ2v) is 4.13. The number of rotatable bonds is 5. The Labute approximate surface area is 94.4 Å². The summed E-state index contributed by atoms with van der Waals surface area (Å²) in [4.78, 5) is 14.9. The average molecular weight is 227 g/mol. The van der Waals surface area contributed by atoms with Crippen LogP contribution < -0.4 is 4.74 Å². The van der Waals surface area contributed by atoms with Crippen LogP contribution in [0, 0.1) is 0 Å². The number of carbonyl (C=O) groups is 1. The van der Waals surface area contributed by atoms with Crippen molar-refractivity contribution >= 4 is 5.97 Å². The first kappa shape index (κ1) is 12.5. The Bertz CT molecular complexity index is 381. The molecule has 0 bridgehead atoms. The molecule has 1 rings (SSSR count). The van der Waals surface area contributed by atoms with E-state index in [2.05, 4.69) is 4.98 Å². The third-order valence-electron chi connectivity index (χ3n) is 2.54. The van der Waals surface area contributed by atoms with Crippen molar-refractivity contribution in [1.82, 2.24) is 4.98 Å². The summed E-state index contributed by atoms with van der Waals surface area (Å²) in [6.45, 7) is 7.99. The third-order valence-corrected chi connectivity index (χ3v) is 2.54. The fourth-order valence-electron chi connectivity index (χ4n) is 1.11. The SMILES string of the molecule is CCOc1oc(C(C)(C)CC)nc1C(=O)O. The van der Waals surface area contributed by atoms with Gasteiger partial charge in [0.15, 0.2) is 0 Å². The number of hydrogen-bond donors (Lipinski definition) is 1. The molecule has 0 aliphatic heterocycles. The fraction of sp³-hybridized carbons (Fsp3) is 0.636. The summed E-state index contributed by atoms with van der Waals surface area (Å²) in [5.41, 5.74) is -0.446. The molecule has 1 heterocycles. The summed E-state index contributed by atoms with van der Waals surface area (Å²) in [6.07, 6.45) is 0.804. The molecule has 0 aliphatic rings. The maximum absolute atomic E-state index is 10.9. The average Bonchev–Trinajstić information content (AvgIpc) is 2.63. The summed E-state index contributed by atoms with van der Waals surface area (Å²) < 4.78 is 10.5. The van der Waals surface area contributed by atoms with Crippen molar-refractivity contribution < 1.29 is 19.1 Å². The first-order valence-electron chi connectivity index (χ1n) is 5.29. The van der Waals surface area contributed by atoms with Crippen LogP contribution in [0.2, 0.25) is 0 Å². The van der Waals surface area contributed by atoms with Gasteiger partial charge in [-0.05, 0) is 13.3 Å². The van der Waals surface area contributed by atoms with Gasteiger partial charge >= 0.3 is 11.9 Å². The van der Waals surface area contributed by atoms with E-state index in [0.717, 1.165) is 6.42 Å². The molecule has 90 valence electrons. The topological polar surface area (TPSA) is 72.6 Å². The predicted octanol–water partition coefficient (Wildman–Crippen LogP) is 2.46. The van der Waals surface area contributed by atoms with Crippen LogP contribution in [0.1, 0.15) is 50.5 Å². The van der Waals surface area contributed by atoms with E-state index in [-0.39, 0.29) is 17.1 Å². The smallest absolute Gasteiger partial charge is 0.362 e. The first-order valence-corrected chi connectivity index (χ1v) is 5.29. The molecule has 1 N–H and O–H groups in total. The Hall–Kier alpha value is -1.52. The Morgan fingerprint density at radius 1 is 1.50 bits per heavy atom. The predicted molar refractivity (Wildman–Crippen MR) is 57.9 cm³/mol. The van der Waals surface area contributed by atoms with Crippen molar-refractivity contribution in [2.45, 2.75) is 39.5 Å². The number of ether oxygens (including phenoxy) is 1. The lowest BCUT2D eigenvalue weighted by Gasteiger charge is -2.16. The van der Waals surface area contributed by atoms with Gasteiger partial charge in [0.1, 0.15) is 0 Å². The van der Waals surface area contributed by atoms with Crippen LogP contribution in [-0.2, 0) is 5.41 Å². The molecule has 0 radical (unpaired) electrons. The Morgan fingerprint density at radius 2 is 2.12 bits per heavy atom. The summed E-state index contributed by atoms with van der Waals surface area (Å²) >= 11 is 0. The summed E-state index contributed by atoms with van der Waals surface area (Å²) in [5, 5.41) is 8.94. The zero-order valence-electron chi connectivity index (χ0n) is 10.0. The highest BCUT2D eigenvalue weighted by atomic mass is 16.6. The van der Waals surface area contributed by atoms with Gasteiger partial charge in [-0.1, -0.05) is 20.8 Å². The van der Waals surface area contributed by atoms with Crippen LogP contribution in [0.5, 0.6) is 5.95 Å². The minimum Gasteiger partial charge on any atom is -0.476 e. The van der Waals surface area contributed by atoms with Gasteiger partial charge in [0.2, 0.25) is 11.6 Å². The minimum atomic E-state index is -1.13. The van der Waals surface area contributed by atoms with Crippen LogP contribution in [0.15, 0.2) is 4.42 Å². The molecular weight excluding hydrogens is 210 g/mol. The second kappa shape index (κ2) is 4.55. The number of carboxylic acid groups (broad SMARTS) is 1. The van der Waals surface area contributed by atoms with Crippen molar-refractivity contribution in [1.29, 1.82) is 0 Å². The lowest BCUT2D eigenvalue weighted by molar-refractivity contribution is 0.0683. The Kier molecular flexibility index (Phi) is 3.57. The van der Waals surface area contributed by atoms with Gasteiger partial charge < -0.3 is 14.3 Å². The number of aromatic nitrogens is 1. The lowest BCUT2D eigenvalue weighted by atomic mass is 9.90. The normalized spacial score (nSPS) is 11.5. The second-order valence-electron chi connectivity index (χ2n) is 4.13. The van der Waals surface area contributed by atoms with Crippen molar-refractivity contribution in [3.63, 3.8) is 0 Å². The van der Waals surface area contributed by atoms with Crippen molar-refractivity contribution in [2.75, 3.05) is 6.61 Å². The highest BCUT2D eigenvalue weighted by molar-refractivity contribution is 5.87. The fourth-order valence-corrected chi connectivity index (χ4v) is 1.11. The quantitative estimate of drug-likeness (QED) is 0.836. The number of hydrogen-bond acceptors (Lipinski definition) is 4. The van der Waals surface area contributed by atoms with Crippen molar-refractivity contribution in [3.05, 3.63) is 11.6 Å². The van der Waals surface area contributed by atoms with Gasteiger partial charge in [-0.3, -0.25) is 0 Å². The molecule has 1 aromatic rings. The molecule has 0 unspecified atom stereocenters. The molecule has 0 amide bonds. The van der Waals surface area contributed by atoms with E-state index in [1.165, 1.54) is 0 Å². The zero-order chi connectivity index (χ0) is 12.3. The van der Waals surface area contributed by atoms with E-state index in [1.54, 1.807) is 6.92 Å².